The molecule has 0 bridgehead atoms. The zero-order valence-electron chi connectivity index (χ0n) is 12.6. The molecule has 20 heavy (non-hydrogen) atoms. The van der Waals surface area contributed by atoms with Crippen molar-refractivity contribution in [1.29, 1.82) is 0 Å². The van der Waals surface area contributed by atoms with Gasteiger partial charge >= 0.3 is 0 Å². The van der Waals surface area contributed by atoms with Gasteiger partial charge in [-0.05, 0) is 42.1 Å². The van der Waals surface area contributed by atoms with E-state index in [1.807, 2.05) is 11.3 Å². The van der Waals surface area contributed by atoms with Crippen LogP contribution in [0, 0.1) is 0 Å². The molecule has 108 valence electrons. The summed E-state index contributed by atoms with van der Waals surface area (Å²) in [7, 11) is 4.15. The van der Waals surface area contributed by atoms with Crippen molar-refractivity contribution in [3.8, 4) is 0 Å². The summed E-state index contributed by atoms with van der Waals surface area (Å²) >= 11 is 1.84. The molecule has 1 unspecified atom stereocenters. The number of hydrogen-bond donors (Lipinski definition) is 1. The number of benzene rings is 1. The lowest BCUT2D eigenvalue weighted by Gasteiger charge is -2.20. The van der Waals surface area contributed by atoms with Gasteiger partial charge in [0.25, 0.3) is 0 Å². The molecule has 0 aliphatic rings. The molecule has 1 atom stereocenters. The van der Waals surface area contributed by atoms with Gasteiger partial charge in [-0.2, -0.15) is 0 Å². The Bertz CT molecular complexity index is 488. The second kappa shape index (κ2) is 7.46. The van der Waals surface area contributed by atoms with Crippen LogP contribution in [-0.4, -0.2) is 20.6 Å². The molecule has 0 radical (unpaired) electrons. The van der Waals surface area contributed by atoms with Crippen molar-refractivity contribution in [2.75, 3.05) is 25.5 Å². The predicted octanol–water partition coefficient (Wildman–Crippen LogP) is 4.10. The van der Waals surface area contributed by atoms with Crippen molar-refractivity contribution in [1.82, 2.24) is 5.32 Å². The van der Waals surface area contributed by atoms with Crippen LogP contribution in [-0.2, 0) is 6.42 Å². The first kappa shape index (κ1) is 15.1. The Morgan fingerprint density at radius 2 is 1.90 bits per heavy atom. The largest absolute Gasteiger partial charge is 0.378 e. The van der Waals surface area contributed by atoms with E-state index < -0.39 is 0 Å². The van der Waals surface area contributed by atoms with Crippen LogP contribution in [0.15, 0.2) is 41.8 Å². The van der Waals surface area contributed by atoms with Crippen molar-refractivity contribution in [2.45, 2.75) is 25.8 Å². The Hall–Kier alpha value is -1.32. The number of anilines is 1. The van der Waals surface area contributed by atoms with E-state index in [1.54, 1.807) is 0 Å². The molecule has 2 nitrogen and oxygen atoms in total. The van der Waals surface area contributed by atoms with Crippen molar-refractivity contribution in [3.05, 3.63) is 52.2 Å². The molecule has 0 aliphatic carbocycles. The van der Waals surface area contributed by atoms with Gasteiger partial charge in [-0.15, -0.1) is 11.3 Å². The fourth-order valence-electron chi connectivity index (χ4n) is 2.26. The summed E-state index contributed by atoms with van der Waals surface area (Å²) < 4.78 is 0. The molecule has 1 N–H and O–H groups in total. The van der Waals surface area contributed by atoms with E-state index in [0.717, 1.165) is 19.4 Å². The molecule has 0 amide bonds. The van der Waals surface area contributed by atoms with Crippen LogP contribution in [0.3, 0.4) is 0 Å². The average Bonchev–Trinajstić information content (AvgIpc) is 2.96. The number of nitrogens with one attached hydrogen (secondary N) is 1. The highest BCUT2D eigenvalue weighted by Gasteiger charge is 2.12. The fourth-order valence-corrected chi connectivity index (χ4v) is 3.01. The summed E-state index contributed by atoms with van der Waals surface area (Å²) in [4.78, 5) is 3.58. The zero-order valence-corrected chi connectivity index (χ0v) is 13.4. The molecule has 1 aromatic heterocycles. The lowest BCUT2D eigenvalue weighted by molar-refractivity contribution is 0.532. The molecule has 2 rings (SSSR count). The summed E-state index contributed by atoms with van der Waals surface area (Å²) in [5.74, 6) is 0. The summed E-state index contributed by atoms with van der Waals surface area (Å²) in [5, 5.41) is 5.82. The van der Waals surface area contributed by atoms with E-state index in [-0.39, 0.29) is 0 Å². The summed E-state index contributed by atoms with van der Waals surface area (Å²) in [6.07, 6.45) is 2.23. The first-order valence-corrected chi connectivity index (χ1v) is 8.11. The van der Waals surface area contributed by atoms with Gasteiger partial charge in [-0.1, -0.05) is 25.1 Å². The van der Waals surface area contributed by atoms with Crippen LogP contribution in [0.1, 0.15) is 29.8 Å². The Balaban J connectivity index is 2.12. The van der Waals surface area contributed by atoms with E-state index in [0.29, 0.717) is 6.04 Å². The van der Waals surface area contributed by atoms with Crippen molar-refractivity contribution >= 4 is 17.0 Å². The number of thiophene rings is 1. The first-order chi connectivity index (χ1) is 9.70. The highest BCUT2D eigenvalue weighted by Crippen LogP contribution is 2.23. The van der Waals surface area contributed by atoms with E-state index in [4.69, 9.17) is 0 Å². The van der Waals surface area contributed by atoms with Crippen molar-refractivity contribution < 1.29 is 0 Å². The van der Waals surface area contributed by atoms with Crippen LogP contribution < -0.4 is 10.2 Å². The molecule has 0 aliphatic heterocycles. The van der Waals surface area contributed by atoms with Gasteiger partial charge in [0.05, 0.1) is 0 Å². The minimum atomic E-state index is 0.407. The Kier molecular flexibility index (Phi) is 5.62. The van der Waals surface area contributed by atoms with Gasteiger partial charge in [0.15, 0.2) is 0 Å². The fraction of sp³-hybridized carbons (Fsp3) is 0.412. The third kappa shape index (κ3) is 4.09. The predicted molar refractivity (Wildman–Crippen MR) is 89.8 cm³/mol. The smallest absolute Gasteiger partial charge is 0.0368 e. The second-order valence-electron chi connectivity index (χ2n) is 5.28. The molecule has 0 saturated carbocycles. The topological polar surface area (TPSA) is 15.3 Å². The van der Waals surface area contributed by atoms with Crippen LogP contribution in [0.5, 0.6) is 0 Å². The monoisotopic (exact) mass is 288 g/mol. The molecule has 1 heterocycles. The summed E-state index contributed by atoms with van der Waals surface area (Å²) in [5.41, 5.74) is 2.62. The Labute approximate surface area is 126 Å². The highest BCUT2D eigenvalue weighted by molar-refractivity contribution is 7.09. The normalized spacial score (nSPS) is 12.3. The molecule has 2 aromatic rings. The number of hydrogen-bond acceptors (Lipinski definition) is 3. The van der Waals surface area contributed by atoms with E-state index in [1.165, 1.54) is 16.1 Å². The Morgan fingerprint density at radius 3 is 2.45 bits per heavy atom. The molecule has 1 aromatic carbocycles. The molecule has 0 saturated heterocycles. The molecule has 0 fully saturated rings. The van der Waals surface area contributed by atoms with Crippen molar-refractivity contribution in [2.24, 2.45) is 0 Å². The maximum atomic E-state index is 3.67. The highest BCUT2D eigenvalue weighted by atomic mass is 32.1. The summed E-state index contributed by atoms with van der Waals surface area (Å²) in [6.45, 7) is 3.27. The maximum Gasteiger partial charge on any atom is 0.0368 e. The zero-order chi connectivity index (χ0) is 14.4. The lowest BCUT2D eigenvalue weighted by Crippen LogP contribution is -2.23. The number of nitrogens with zero attached hydrogens (tertiary/aromatic N) is 1. The van der Waals surface area contributed by atoms with E-state index in [2.05, 4.69) is 73.0 Å². The van der Waals surface area contributed by atoms with Gasteiger partial charge in [0.2, 0.25) is 0 Å². The van der Waals surface area contributed by atoms with E-state index in [9.17, 15) is 0 Å². The molecular weight excluding hydrogens is 264 g/mol. The van der Waals surface area contributed by atoms with E-state index >= 15 is 0 Å². The minimum absolute atomic E-state index is 0.407. The van der Waals surface area contributed by atoms with Gasteiger partial charge in [-0.25, -0.2) is 0 Å². The quantitative estimate of drug-likeness (QED) is 0.825. The maximum absolute atomic E-state index is 3.67. The van der Waals surface area contributed by atoms with Gasteiger partial charge in [-0.3, -0.25) is 0 Å². The van der Waals surface area contributed by atoms with Gasteiger partial charge in [0.1, 0.15) is 0 Å². The first-order valence-electron chi connectivity index (χ1n) is 7.23. The van der Waals surface area contributed by atoms with Crippen molar-refractivity contribution in [3.63, 3.8) is 0 Å². The third-order valence-corrected chi connectivity index (χ3v) is 4.34. The number of rotatable bonds is 7. The minimum Gasteiger partial charge on any atom is -0.378 e. The average molecular weight is 288 g/mol. The van der Waals surface area contributed by atoms with Crippen LogP contribution in [0.2, 0.25) is 0 Å². The molecule has 0 spiro atoms. The lowest BCUT2D eigenvalue weighted by atomic mass is 10.0. The third-order valence-electron chi connectivity index (χ3n) is 3.44. The van der Waals surface area contributed by atoms with Gasteiger partial charge < -0.3 is 10.2 Å². The Morgan fingerprint density at radius 1 is 1.15 bits per heavy atom. The van der Waals surface area contributed by atoms with Crippen LogP contribution >= 0.6 is 11.3 Å². The standard InChI is InChI=1S/C17H24N2S/c1-4-11-18-17(13-16-6-5-12-20-16)14-7-9-15(10-8-14)19(2)3/h5-10,12,17-18H,4,11,13H2,1-3H3. The second-order valence-corrected chi connectivity index (χ2v) is 6.31. The summed E-state index contributed by atoms with van der Waals surface area (Å²) in [6, 6.07) is 13.7. The van der Waals surface area contributed by atoms with Gasteiger partial charge in [0, 0.05) is 37.1 Å². The molecular formula is C17H24N2S. The molecule has 3 heteroatoms. The van der Waals surface area contributed by atoms with Crippen LogP contribution in [0.4, 0.5) is 5.69 Å². The van der Waals surface area contributed by atoms with Crippen LogP contribution in [0.25, 0.3) is 0 Å². The SMILES string of the molecule is CCCNC(Cc1cccs1)c1ccc(N(C)C)cc1.